The van der Waals surface area contributed by atoms with Gasteiger partial charge in [0.15, 0.2) is 0 Å². The van der Waals surface area contributed by atoms with E-state index < -0.39 is 5.60 Å². The highest BCUT2D eigenvalue weighted by atomic mass is 16.5. The number of carbonyl (C=O) groups excluding carboxylic acids is 2. The number of hydrogen-bond acceptors (Lipinski definition) is 5. The third kappa shape index (κ3) is 4.72. The summed E-state index contributed by atoms with van der Waals surface area (Å²) in [5.41, 5.74) is 2.07. The van der Waals surface area contributed by atoms with Gasteiger partial charge in [-0.05, 0) is 55.3 Å². The summed E-state index contributed by atoms with van der Waals surface area (Å²) in [5.74, 6) is -0.547. The maximum Gasteiger partial charge on any atom is 0.338 e. The zero-order chi connectivity index (χ0) is 19.3. The minimum atomic E-state index is -0.865. The molecule has 6 nitrogen and oxygen atoms in total. The molecule has 1 amide bonds. The zero-order valence-electron chi connectivity index (χ0n) is 15.3. The van der Waals surface area contributed by atoms with Gasteiger partial charge in [0.2, 0.25) is 0 Å². The van der Waals surface area contributed by atoms with E-state index in [0.717, 1.165) is 17.7 Å². The highest BCUT2D eigenvalue weighted by Crippen LogP contribution is 2.21. The van der Waals surface area contributed by atoms with Crippen molar-refractivity contribution >= 4 is 11.9 Å². The number of aliphatic hydroxyl groups is 1. The topological polar surface area (TPSA) is 87.7 Å². The smallest absolute Gasteiger partial charge is 0.338 e. The monoisotopic (exact) mass is 368 g/mol. The molecule has 1 aliphatic heterocycles. The Morgan fingerprint density at radius 1 is 1.07 bits per heavy atom. The van der Waals surface area contributed by atoms with Gasteiger partial charge < -0.3 is 20.5 Å². The molecule has 0 aromatic heterocycles. The molecular weight excluding hydrogens is 344 g/mol. The summed E-state index contributed by atoms with van der Waals surface area (Å²) in [6.45, 7) is 3.60. The first kappa shape index (κ1) is 19.1. The molecule has 2 aromatic rings. The van der Waals surface area contributed by atoms with E-state index in [-0.39, 0.29) is 18.4 Å². The van der Waals surface area contributed by atoms with Crippen LogP contribution < -0.4 is 10.6 Å². The molecule has 0 saturated carbocycles. The normalized spacial score (nSPS) is 18.9. The number of ether oxygens (including phenoxy) is 1. The Morgan fingerprint density at radius 3 is 2.19 bits per heavy atom. The summed E-state index contributed by atoms with van der Waals surface area (Å²) >= 11 is 0. The van der Waals surface area contributed by atoms with Crippen LogP contribution in [0.2, 0.25) is 0 Å². The molecule has 1 heterocycles. The van der Waals surface area contributed by atoms with E-state index in [0.29, 0.717) is 30.7 Å². The maximum atomic E-state index is 12.3. The standard InChI is InChI=1S/C21H24N2O4/c1-2-27-20(25)18-9-5-16(6-10-18)15-3-7-17(8-4-15)19(24)23-14-21(26)11-12-22-13-21/h3-10,22,26H,2,11-14H2,1H3,(H,23,24). The lowest BCUT2D eigenvalue weighted by molar-refractivity contribution is 0.0526. The van der Waals surface area contributed by atoms with E-state index in [4.69, 9.17) is 4.74 Å². The number of carbonyl (C=O) groups is 2. The predicted molar refractivity (Wildman–Crippen MR) is 103 cm³/mol. The van der Waals surface area contributed by atoms with Crippen LogP contribution in [0.25, 0.3) is 11.1 Å². The van der Waals surface area contributed by atoms with E-state index in [1.54, 1.807) is 31.2 Å². The van der Waals surface area contributed by atoms with Gasteiger partial charge in [-0.1, -0.05) is 24.3 Å². The molecular formula is C21H24N2O4. The van der Waals surface area contributed by atoms with Crippen molar-refractivity contribution in [3.8, 4) is 11.1 Å². The minimum Gasteiger partial charge on any atom is -0.462 e. The second-order valence-corrected chi connectivity index (χ2v) is 6.71. The van der Waals surface area contributed by atoms with E-state index in [2.05, 4.69) is 10.6 Å². The molecule has 3 rings (SSSR count). The van der Waals surface area contributed by atoms with Gasteiger partial charge in [-0.25, -0.2) is 4.79 Å². The van der Waals surface area contributed by atoms with Crippen LogP contribution in [0.3, 0.4) is 0 Å². The first-order valence-corrected chi connectivity index (χ1v) is 9.10. The van der Waals surface area contributed by atoms with Crippen LogP contribution in [0.15, 0.2) is 48.5 Å². The lowest BCUT2D eigenvalue weighted by atomic mass is 10.0. The van der Waals surface area contributed by atoms with E-state index in [1.807, 2.05) is 24.3 Å². The first-order chi connectivity index (χ1) is 13.0. The van der Waals surface area contributed by atoms with Gasteiger partial charge in [-0.3, -0.25) is 4.79 Å². The number of benzene rings is 2. The Kier molecular flexibility index (Phi) is 5.88. The number of hydrogen-bond donors (Lipinski definition) is 3. The largest absolute Gasteiger partial charge is 0.462 e. The van der Waals surface area contributed by atoms with E-state index >= 15 is 0 Å². The Balaban J connectivity index is 1.62. The van der Waals surface area contributed by atoms with Gasteiger partial charge in [0.25, 0.3) is 5.91 Å². The summed E-state index contributed by atoms with van der Waals surface area (Å²) in [5, 5.41) is 16.1. The summed E-state index contributed by atoms with van der Waals surface area (Å²) in [6.07, 6.45) is 0.633. The second-order valence-electron chi connectivity index (χ2n) is 6.71. The van der Waals surface area contributed by atoms with E-state index in [9.17, 15) is 14.7 Å². The average molecular weight is 368 g/mol. The molecule has 1 aliphatic rings. The zero-order valence-corrected chi connectivity index (χ0v) is 15.3. The SMILES string of the molecule is CCOC(=O)c1ccc(-c2ccc(C(=O)NCC3(O)CCNC3)cc2)cc1. The number of amides is 1. The van der Waals surface area contributed by atoms with Crippen LogP contribution in [0.4, 0.5) is 0 Å². The van der Waals surface area contributed by atoms with Crippen LogP contribution in [-0.4, -0.2) is 48.8 Å². The fourth-order valence-corrected chi connectivity index (χ4v) is 3.06. The molecule has 1 fully saturated rings. The quantitative estimate of drug-likeness (QED) is 0.679. The Hall–Kier alpha value is -2.70. The van der Waals surface area contributed by atoms with Crippen molar-refractivity contribution in [2.75, 3.05) is 26.2 Å². The van der Waals surface area contributed by atoms with Gasteiger partial charge in [-0.15, -0.1) is 0 Å². The van der Waals surface area contributed by atoms with Gasteiger partial charge in [-0.2, -0.15) is 0 Å². The van der Waals surface area contributed by atoms with Crippen molar-refractivity contribution in [2.45, 2.75) is 18.9 Å². The molecule has 1 atom stereocenters. The van der Waals surface area contributed by atoms with E-state index in [1.165, 1.54) is 0 Å². The molecule has 1 saturated heterocycles. The summed E-state index contributed by atoms with van der Waals surface area (Å²) in [7, 11) is 0. The summed E-state index contributed by atoms with van der Waals surface area (Å²) < 4.78 is 4.98. The van der Waals surface area contributed by atoms with Crippen LogP contribution >= 0.6 is 0 Å². The molecule has 0 aliphatic carbocycles. The second kappa shape index (κ2) is 8.33. The Bertz CT molecular complexity index is 794. The summed E-state index contributed by atoms with van der Waals surface area (Å²) in [6, 6.07) is 14.4. The third-order valence-electron chi connectivity index (χ3n) is 4.68. The fraction of sp³-hybridized carbons (Fsp3) is 0.333. The van der Waals surface area contributed by atoms with Crippen LogP contribution in [0.5, 0.6) is 0 Å². The van der Waals surface area contributed by atoms with Crippen LogP contribution in [0, 0.1) is 0 Å². The third-order valence-corrected chi connectivity index (χ3v) is 4.68. The number of esters is 1. The molecule has 6 heteroatoms. The molecule has 2 aromatic carbocycles. The van der Waals surface area contributed by atoms with Gasteiger partial charge in [0.05, 0.1) is 17.8 Å². The van der Waals surface area contributed by atoms with Crippen LogP contribution in [-0.2, 0) is 4.74 Å². The molecule has 0 spiro atoms. The minimum absolute atomic E-state index is 0.209. The van der Waals surface area contributed by atoms with Gasteiger partial charge >= 0.3 is 5.97 Å². The Labute approximate surface area is 158 Å². The lowest BCUT2D eigenvalue weighted by Crippen LogP contribution is -2.44. The molecule has 27 heavy (non-hydrogen) atoms. The fourth-order valence-electron chi connectivity index (χ4n) is 3.06. The highest BCUT2D eigenvalue weighted by molar-refractivity contribution is 5.95. The molecule has 1 unspecified atom stereocenters. The molecule has 3 N–H and O–H groups in total. The van der Waals surface area contributed by atoms with Gasteiger partial charge in [0.1, 0.15) is 0 Å². The molecule has 0 bridgehead atoms. The predicted octanol–water partition coefficient (Wildman–Crippen LogP) is 1.98. The Morgan fingerprint density at radius 2 is 1.67 bits per heavy atom. The van der Waals surface area contributed by atoms with Crippen LogP contribution in [0.1, 0.15) is 34.1 Å². The van der Waals surface area contributed by atoms with Crippen molar-refractivity contribution in [2.24, 2.45) is 0 Å². The average Bonchev–Trinajstić information content (AvgIpc) is 3.13. The number of β-amino-alcohol motifs (C(OH)–C–C–N with tert-alkyl or cyclic N) is 1. The van der Waals surface area contributed by atoms with Crippen molar-refractivity contribution < 1.29 is 19.4 Å². The van der Waals surface area contributed by atoms with Gasteiger partial charge in [0, 0.05) is 18.7 Å². The maximum absolute atomic E-state index is 12.3. The van der Waals surface area contributed by atoms with Crippen molar-refractivity contribution in [3.05, 3.63) is 59.7 Å². The molecule has 0 radical (unpaired) electrons. The van der Waals surface area contributed by atoms with Crippen molar-refractivity contribution in [1.82, 2.24) is 10.6 Å². The number of rotatable bonds is 6. The molecule has 142 valence electrons. The highest BCUT2D eigenvalue weighted by Gasteiger charge is 2.31. The van der Waals surface area contributed by atoms with Crippen molar-refractivity contribution in [1.29, 1.82) is 0 Å². The number of nitrogens with one attached hydrogen (secondary N) is 2. The lowest BCUT2D eigenvalue weighted by Gasteiger charge is -2.21. The first-order valence-electron chi connectivity index (χ1n) is 9.10. The van der Waals surface area contributed by atoms with Crippen molar-refractivity contribution in [3.63, 3.8) is 0 Å². The summed E-state index contributed by atoms with van der Waals surface area (Å²) in [4.78, 5) is 24.0.